The molecule has 6 nitrogen and oxygen atoms in total. The van der Waals surface area contributed by atoms with Crippen LogP contribution in [-0.4, -0.2) is 38.5 Å². The van der Waals surface area contributed by atoms with Gasteiger partial charge < -0.3 is 10.1 Å². The SMILES string of the molecule is O=C(NCc1ccccc1C(F)(F)F)c1ccc2c(c1)C1(CCSCC1)C(C1CC1)N2S(=O)(=O)c1ccc(OC(F)F)cc1. The van der Waals surface area contributed by atoms with E-state index in [-0.39, 0.29) is 34.2 Å². The summed E-state index contributed by atoms with van der Waals surface area (Å²) in [4.78, 5) is 13.2. The predicted molar refractivity (Wildman–Crippen MR) is 157 cm³/mol. The van der Waals surface area contributed by atoms with Gasteiger partial charge in [0.15, 0.2) is 0 Å². The molecule has 1 amide bonds. The van der Waals surface area contributed by atoms with Crippen molar-refractivity contribution in [3.8, 4) is 5.75 Å². The first-order chi connectivity index (χ1) is 20.9. The number of nitrogens with zero attached hydrogens (tertiary/aromatic N) is 1. The summed E-state index contributed by atoms with van der Waals surface area (Å²) in [7, 11) is -4.15. The van der Waals surface area contributed by atoms with Crippen LogP contribution in [0.25, 0.3) is 0 Å². The number of ether oxygens (including phenoxy) is 1. The Hall–Kier alpha value is -3.32. The number of hydrogen-bond acceptors (Lipinski definition) is 5. The van der Waals surface area contributed by atoms with Crippen LogP contribution in [0.3, 0.4) is 0 Å². The normalized spacial score (nSPS) is 19.7. The number of halogens is 5. The molecule has 1 N–H and O–H groups in total. The summed E-state index contributed by atoms with van der Waals surface area (Å²) < 4.78 is 100. The molecule has 1 spiro atoms. The molecule has 1 unspecified atom stereocenters. The molecule has 1 saturated carbocycles. The molecule has 0 bridgehead atoms. The molecule has 0 radical (unpaired) electrons. The number of carbonyl (C=O) groups excluding carboxylic acids is 1. The Morgan fingerprint density at radius 2 is 1.70 bits per heavy atom. The highest BCUT2D eigenvalue weighted by atomic mass is 32.2. The molecule has 1 atom stereocenters. The van der Waals surface area contributed by atoms with Crippen LogP contribution in [0, 0.1) is 5.92 Å². The van der Waals surface area contributed by atoms with Gasteiger partial charge >= 0.3 is 12.8 Å². The molecule has 44 heavy (non-hydrogen) atoms. The van der Waals surface area contributed by atoms with Gasteiger partial charge in [0, 0.05) is 17.5 Å². The van der Waals surface area contributed by atoms with Gasteiger partial charge in [0.25, 0.3) is 15.9 Å². The first-order valence-electron chi connectivity index (χ1n) is 14.2. The van der Waals surface area contributed by atoms with E-state index in [1.807, 2.05) is 0 Å². The summed E-state index contributed by atoms with van der Waals surface area (Å²) in [5.74, 6) is 0.998. The number of anilines is 1. The highest BCUT2D eigenvalue weighted by molar-refractivity contribution is 7.99. The van der Waals surface area contributed by atoms with Gasteiger partial charge in [0.2, 0.25) is 0 Å². The summed E-state index contributed by atoms with van der Waals surface area (Å²) in [6.45, 7) is -3.37. The van der Waals surface area contributed by atoms with Crippen molar-refractivity contribution in [2.45, 2.75) is 61.4 Å². The van der Waals surface area contributed by atoms with E-state index in [4.69, 9.17) is 0 Å². The molecule has 0 aromatic heterocycles. The molecule has 3 aliphatic rings. The molecule has 2 heterocycles. The Kier molecular flexibility index (Phi) is 8.06. The van der Waals surface area contributed by atoms with Crippen LogP contribution in [0.15, 0.2) is 71.6 Å². The molecule has 2 fully saturated rings. The van der Waals surface area contributed by atoms with Gasteiger partial charge in [-0.15, -0.1) is 0 Å². The van der Waals surface area contributed by atoms with E-state index >= 15 is 0 Å². The smallest absolute Gasteiger partial charge is 0.416 e. The maximum atomic E-state index is 14.3. The number of nitrogens with one attached hydrogen (secondary N) is 1. The first-order valence-corrected chi connectivity index (χ1v) is 16.8. The number of sulfonamides is 1. The molecule has 2 aliphatic heterocycles. The lowest BCUT2D eigenvalue weighted by Crippen LogP contribution is -2.50. The standard InChI is InChI=1S/C31H29F5N2O4S2/c32-29(33)42-22-8-10-23(11-9-22)44(40,41)38-26-12-7-20(28(39)37-18-21-3-1-2-4-24(21)31(34,35)36)17-25(26)30(13-15-43-16-14-30)27(38)19-5-6-19/h1-4,7-12,17,19,27,29H,5-6,13-16,18H2,(H,37,39). The first kappa shape index (κ1) is 30.7. The number of hydrogen-bond donors (Lipinski definition) is 1. The number of carbonyl (C=O) groups is 1. The maximum absolute atomic E-state index is 14.3. The molecule has 3 aromatic rings. The Labute approximate surface area is 256 Å². The maximum Gasteiger partial charge on any atom is 0.416 e. The second kappa shape index (κ2) is 11.6. The van der Waals surface area contributed by atoms with Crippen molar-refractivity contribution in [2.75, 3.05) is 15.8 Å². The van der Waals surface area contributed by atoms with Crippen molar-refractivity contribution in [2.24, 2.45) is 5.92 Å². The number of fused-ring (bicyclic) bond motifs is 2. The van der Waals surface area contributed by atoms with Crippen LogP contribution in [0.2, 0.25) is 0 Å². The molecule has 13 heteroatoms. The average Bonchev–Trinajstić information content (AvgIpc) is 3.79. The molecular formula is C31H29F5N2O4S2. The summed E-state index contributed by atoms with van der Waals surface area (Å²) in [6.07, 6.45) is -1.46. The predicted octanol–water partition coefficient (Wildman–Crippen LogP) is 6.99. The highest BCUT2D eigenvalue weighted by Gasteiger charge is 2.59. The molecule has 1 aliphatic carbocycles. The largest absolute Gasteiger partial charge is 0.435 e. The van der Waals surface area contributed by atoms with Crippen molar-refractivity contribution in [1.29, 1.82) is 0 Å². The van der Waals surface area contributed by atoms with E-state index in [9.17, 15) is 35.2 Å². The van der Waals surface area contributed by atoms with E-state index in [2.05, 4.69) is 10.1 Å². The van der Waals surface area contributed by atoms with Gasteiger partial charge in [-0.05, 0) is 103 Å². The van der Waals surface area contributed by atoms with Crippen molar-refractivity contribution < 1.29 is 39.9 Å². The number of thioether (sulfide) groups is 1. The van der Waals surface area contributed by atoms with Crippen molar-refractivity contribution >= 4 is 33.4 Å². The minimum Gasteiger partial charge on any atom is -0.435 e. The molecule has 3 aromatic carbocycles. The van der Waals surface area contributed by atoms with Crippen LogP contribution >= 0.6 is 11.8 Å². The summed E-state index contributed by atoms with van der Waals surface area (Å²) >= 11 is 1.78. The van der Waals surface area contributed by atoms with Crippen molar-refractivity contribution in [3.63, 3.8) is 0 Å². The third kappa shape index (κ3) is 5.64. The minimum atomic E-state index is -4.57. The number of amides is 1. The fourth-order valence-corrected chi connectivity index (χ4v) is 9.59. The average molecular weight is 653 g/mol. The van der Waals surface area contributed by atoms with Crippen molar-refractivity contribution in [3.05, 3.63) is 89.0 Å². The number of benzene rings is 3. The Bertz CT molecular complexity index is 1650. The Balaban J connectivity index is 1.36. The van der Waals surface area contributed by atoms with Gasteiger partial charge in [-0.25, -0.2) is 8.42 Å². The summed E-state index contributed by atoms with van der Waals surface area (Å²) in [5.41, 5.74) is -0.0126. The van der Waals surface area contributed by atoms with Gasteiger partial charge in [0.05, 0.1) is 22.2 Å². The van der Waals surface area contributed by atoms with Gasteiger partial charge in [-0.2, -0.15) is 33.7 Å². The molecular weight excluding hydrogens is 623 g/mol. The quantitative estimate of drug-likeness (QED) is 0.266. The monoisotopic (exact) mass is 652 g/mol. The lowest BCUT2D eigenvalue weighted by Gasteiger charge is -2.41. The second-order valence-corrected chi connectivity index (χ2v) is 14.3. The third-order valence-electron chi connectivity index (χ3n) is 8.67. The zero-order valence-corrected chi connectivity index (χ0v) is 25.0. The summed E-state index contributed by atoms with van der Waals surface area (Å²) in [5, 5.41) is 2.60. The van der Waals surface area contributed by atoms with Crippen LogP contribution < -0.4 is 14.4 Å². The van der Waals surface area contributed by atoms with E-state index < -0.39 is 45.7 Å². The topological polar surface area (TPSA) is 75.7 Å². The van der Waals surface area contributed by atoms with Gasteiger partial charge in [0.1, 0.15) is 5.75 Å². The molecule has 234 valence electrons. The lowest BCUT2D eigenvalue weighted by atomic mass is 9.70. The lowest BCUT2D eigenvalue weighted by molar-refractivity contribution is -0.138. The van der Waals surface area contributed by atoms with Crippen LogP contribution in [0.5, 0.6) is 5.75 Å². The van der Waals surface area contributed by atoms with E-state index in [0.29, 0.717) is 18.5 Å². The van der Waals surface area contributed by atoms with Crippen molar-refractivity contribution in [1.82, 2.24) is 5.32 Å². The molecule has 6 rings (SSSR count). The number of alkyl halides is 5. The fraction of sp³-hybridized carbons (Fsp3) is 0.387. The third-order valence-corrected chi connectivity index (χ3v) is 11.5. The number of rotatable bonds is 8. The Morgan fingerprint density at radius 1 is 1.02 bits per heavy atom. The van der Waals surface area contributed by atoms with E-state index in [1.165, 1.54) is 52.8 Å². The minimum absolute atomic E-state index is 0.0636. The summed E-state index contributed by atoms with van der Waals surface area (Å²) in [6, 6.07) is 14.3. The van der Waals surface area contributed by atoms with Crippen LogP contribution in [0.4, 0.5) is 27.6 Å². The van der Waals surface area contributed by atoms with Crippen LogP contribution in [0.1, 0.15) is 52.7 Å². The van der Waals surface area contributed by atoms with E-state index in [1.54, 1.807) is 23.9 Å². The zero-order chi connectivity index (χ0) is 31.3. The van der Waals surface area contributed by atoms with Crippen LogP contribution in [-0.2, 0) is 28.2 Å². The second-order valence-electron chi connectivity index (χ2n) is 11.3. The van der Waals surface area contributed by atoms with Gasteiger partial charge in [-0.3, -0.25) is 9.10 Å². The zero-order valence-electron chi connectivity index (χ0n) is 23.3. The fourth-order valence-electron chi connectivity index (χ4n) is 6.57. The van der Waals surface area contributed by atoms with Gasteiger partial charge in [-0.1, -0.05) is 18.2 Å². The van der Waals surface area contributed by atoms with E-state index in [0.717, 1.165) is 36.0 Å². The molecule has 1 saturated heterocycles. The Morgan fingerprint density at radius 3 is 2.34 bits per heavy atom. The highest BCUT2D eigenvalue weighted by Crippen LogP contribution is 2.59.